The number of pyridine rings is 1. The van der Waals surface area contributed by atoms with Crippen molar-refractivity contribution in [1.82, 2.24) is 9.71 Å². The number of aromatic nitrogens is 1. The molecule has 1 N–H and O–H groups in total. The molecule has 0 saturated carbocycles. The molecule has 1 aromatic rings. The summed E-state index contributed by atoms with van der Waals surface area (Å²) in [4.78, 5) is 4.21. The number of ether oxygens (including phenoxy) is 2. The van der Waals surface area contributed by atoms with Crippen LogP contribution in [0.5, 0.6) is 0 Å². The van der Waals surface area contributed by atoms with Gasteiger partial charge in [0.25, 0.3) is 0 Å². The lowest BCUT2D eigenvalue weighted by Crippen LogP contribution is -2.51. The van der Waals surface area contributed by atoms with E-state index in [4.69, 9.17) is 9.47 Å². The quantitative estimate of drug-likeness (QED) is 0.782. The largest absolute Gasteiger partial charge is 0.380 e. The van der Waals surface area contributed by atoms with E-state index in [9.17, 15) is 8.42 Å². The zero-order valence-corrected chi connectivity index (χ0v) is 13.7. The summed E-state index contributed by atoms with van der Waals surface area (Å²) in [5.74, 6) is 0.146. The van der Waals surface area contributed by atoms with Crippen molar-refractivity contribution in [3.63, 3.8) is 0 Å². The van der Waals surface area contributed by atoms with Gasteiger partial charge in [0, 0.05) is 12.8 Å². The van der Waals surface area contributed by atoms with Gasteiger partial charge in [-0.05, 0) is 25.0 Å². The molecule has 7 heteroatoms. The SMILES string of the molecule is CCCCS(=O)(=O)N[C@@H]1COCC[C@H]1OCc1ccccn1. The number of hydrogen-bond donors (Lipinski definition) is 1. The first-order valence-electron chi connectivity index (χ1n) is 7.70. The van der Waals surface area contributed by atoms with Gasteiger partial charge in [0.2, 0.25) is 10.0 Å². The summed E-state index contributed by atoms with van der Waals surface area (Å²) in [5, 5.41) is 0. The first kappa shape index (κ1) is 17.3. The molecule has 0 amide bonds. The van der Waals surface area contributed by atoms with Crippen molar-refractivity contribution in [2.24, 2.45) is 0 Å². The smallest absolute Gasteiger partial charge is 0.212 e. The first-order valence-corrected chi connectivity index (χ1v) is 9.35. The fraction of sp³-hybridized carbons (Fsp3) is 0.667. The Balaban J connectivity index is 1.90. The molecule has 1 saturated heterocycles. The van der Waals surface area contributed by atoms with Gasteiger partial charge >= 0.3 is 0 Å². The second-order valence-corrected chi connectivity index (χ2v) is 7.30. The second-order valence-electron chi connectivity index (χ2n) is 5.43. The Kier molecular flexibility index (Phi) is 6.75. The molecule has 0 aromatic carbocycles. The van der Waals surface area contributed by atoms with E-state index < -0.39 is 10.0 Å². The van der Waals surface area contributed by atoms with Crippen LogP contribution in [-0.2, 0) is 26.1 Å². The maximum absolute atomic E-state index is 12.0. The topological polar surface area (TPSA) is 77.5 Å². The second kappa shape index (κ2) is 8.57. The molecule has 1 fully saturated rings. The Labute approximate surface area is 132 Å². The van der Waals surface area contributed by atoms with Crippen LogP contribution in [0.1, 0.15) is 31.9 Å². The monoisotopic (exact) mass is 328 g/mol. The Hall–Kier alpha value is -1.02. The Morgan fingerprint density at radius 2 is 2.32 bits per heavy atom. The zero-order valence-electron chi connectivity index (χ0n) is 12.9. The predicted molar refractivity (Wildman–Crippen MR) is 83.9 cm³/mol. The highest BCUT2D eigenvalue weighted by atomic mass is 32.2. The van der Waals surface area contributed by atoms with Gasteiger partial charge in [0.1, 0.15) is 0 Å². The molecule has 0 radical (unpaired) electrons. The van der Waals surface area contributed by atoms with E-state index in [0.717, 1.165) is 12.1 Å². The minimum absolute atomic E-state index is 0.146. The van der Waals surface area contributed by atoms with E-state index in [1.54, 1.807) is 6.20 Å². The van der Waals surface area contributed by atoms with Gasteiger partial charge in [-0.25, -0.2) is 13.1 Å². The van der Waals surface area contributed by atoms with E-state index in [-0.39, 0.29) is 17.9 Å². The highest BCUT2D eigenvalue weighted by Crippen LogP contribution is 2.15. The molecule has 0 spiro atoms. The molecule has 1 aliphatic rings. The van der Waals surface area contributed by atoms with Crippen LogP contribution in [0.15, 0.2) is 24.4 Å². The summed E-state index contributed by atoms with van der Waals surface area (Å²) in [6.07, 6.45) is 3.71. The Morgan fingerprint density at radius 3 is 3.05 bits per heavy atom. The number of rotatable bonds is 8. The molecule has 124 valence electrons. The molecular formula is C15H24N2O4S. The summed E-state index contributed by atoms with van der Waals surface area (Å²) in [6.45, 7) is 3.27. The third-order valence-corrected chi connectivity index (χ3v) is 5.05. The molecule has 22 heavy (non-hydrogen) atoms. The normalized spacial score (nSPS) is 22.6. The van der Waals surface area contributed by atoms with E-state index in [1.165, 1.54) is 0 Å². The van der Waals surface area contributed by atoms with Crippen molar-refractivity contribution in [2.45, 2.75) is 44.9 Å². The van der Waals surface area contributed by atoms with Crippen LogP contribution in [0, 0.1) is 0 Å². The summed E-state index contributed by atoms with van der Waals surface area (Å²) < 4.78 is 38.1. The van der Waals surface area contributed by atoms with E-state index >= 15 is 0 Å². The maximum Gasteiger partial charge on any atom is 0.212 e. The van der Waals surface area contributed by atoms with E-state index in [0.29, 0.717) is 32.7 Å². The van der Waals surface area contributed by atoms with Gasteiger partial charge < -0.3 is 9.47 Å². The molecule has 2 heterocycles. The molecule has 2 rings (SSSR count). The first-order chi connectivity index (χ1) is 10.6. The molecule has 1 aromatic heterocycles. The Bertz CT molecular complexity index is 536. The van der Waals surface area contributed by atoms with Crippen LogP contribution in [0.3, 0.4) is 0 Å². The molecular weight excluding hydrogens is 304 g/mol. The third-order valence-electron chi connectivity index (χ3n) is 3.56. The fourth-order valence-corrected chi connectivity index (χ4v) is 3.80. The van der Waals surface area contributed by atoms with Crippen LogP contribution in [0.4, 0.5) is 0 Å². The lowest BCUT2D eigenvalue weighted by molar-refractivity contribution is -0.0579. The third kappa shape index (κ3) is 5.64. The molecule has 0 aliphatic carbocycles. The lowest BCUT2D eigenvalue weighted by atomic mass is 10.1. The molecule has 6 nitrogen and oxygen atoms in total. The van der Waals surface area contributed by atoms with Crippen LogP contribution in [-0.4, -0.2) is 44.5 Å². The molecule has 0 bridgehead atoms. The number of sulfonamides is 1. The summed E-state index contributed by atoms with van der Waals surface area (Å²) >= 11 is 0. The van der Waals surface area contributed by atoms with Gasteiger partial charge in [0.05, 0.1) is 36.8 Å². The minimum Gasteiger partial charge on any atom is -0.380 e. The highest BCUT2D eigenvalue weighted by molar-refractivity contribution is 7.89. The van der Waals surface area contributed by atoms with Crippen LogP contribution >= 0.6 is 0 Å². The molecule has 0 unspecified atom stereocenters. The maximum atomic E-state index is 12.0. The van der Waals surface area contributed by atoms with Crippen molar-refractivity contribution in [2.75, 3.05) is 19.0 Å². The average molecular weight is 328 g/mol. The van der Waals surface area contributed by atoms with Crippen molar-refractivity contribution in [3.05, 3.63) is 30.1 Å². The fourth-order valence-electron chi connectivity index (χ4n) is 2.33. The van der Waals surface area contributed by atoms with Crippen molar-refractivity contribution >= 4 is 10.0 Å². The zero-order chi connectivity index (χ0) is 15.8. The van der Waals surface area contributed by atoms with Crippen molar-refractivity contribution < 1.29 is 17.9 Å². The average Bonchev–Trinajstić information content (AvgIpc) is 2.53. The van der Waals surface area contributed by atoms with E-state index in [2.05, 4.69) is 9.71 Å². The molecule has 1 aliphatic heterocycles. The van der Waals surface area contributed by atoms with Crippen molar-refractivity contribution in [3.8, 4) is 0 Å². The summed E-state index contributed by atoms with van der Waals surface area (Å²) in [7, 11) is -3.28. The van der Waals surface area contributed by atoms with Crippen molar-refractivity contribution in [1.29, 1.82) is 0 Å². The highest BCUT2D eigenvalue weighted by Gasteiger charge is 2.30. The summed E-state index contributed by atoms with van der Waals surface area (Å²) in [6, 6.07) is 5.31. The minimum atomic E-state index is -3.28. The summed E-state index contributed by atoms with van der Waals surface area (Å²) in [5.41, 5.74) is 0.835. The van der Waals surface area contributed by atoms with Gasteiger partial charge in [-0.3, -0.25) is 4.98 Å². The lowest BCUT2D eigenvalue weighted by Gasteiger charge is -2.31. The van der Waals surface area contributed by atoms with Crippen LogP contribution in [0.25, 0.3) is 0 Å². The number of unbranched alkanes of at least 4 members (excludes halogenated alkanes) is 1. The van der Waals surface area contributed by atoms with Gasteiger partial charge in [0.15, 0.2) is 0 Å². The predicted octanol–water partition coefficient (Wildman–Crippen LogP) is 1.48. The number of nitrogens with one attached hydrogen (secondary N) is 1. The number of nitrogens with zero attached hydrogens (tertiary/aromatic N) is 1. The van der Waals surface area contributed by atoms with Gasteiger partial charge in [-0.15, -0.1) is 0 Å². The van der Waals surface area contributed by atoms with Gasteiger partial charge in [-0.1, -0.05) is 19.4 Å². The van der Waals surface area contributed by atoms with Crippen LogP contribution in [0.2, 0.25) is 0 Å². The van der Waals surface area contributed by atoms with Gasteiger partial charge in [-0.2, -0.15) is 0 Å². The standard InChI is InChI=1S/C15H24N2O4S/c1-2-3-10-22(18,19)17-14-12-20-9-7-15(14)21-11-13-6-4-5-8-16-13/h4-6,8,14-15,17H,2-3,7,9-12H2,1H3/t14-,15-/m1/s1. The van der Waals surface area contributed by atoms with E-state index in [1.807, 2.05) is 25.1 Å². The van der Waals surface area contributed by atoms with Crippen LogP contribution < -0.4 is 4.72 Å². The molecule has 2 atom stereocenters. The number of hydrogen-bond acceptors (Lipinski definition) is 5. The Morgan fingerprint density at radius 1 is 1.45 bits per heavy atom.